The summed E-state index contributed by atoms with van der Waals surface area (Å²) in [5, 5.41) is 0.724. The first-order chi connectivity index (χ1) is 18.0. The van der Waals surface area contributed by atoms with Crippen molar-refractivity contribution in [3.8, 4) is 22.1 Å². The fraction of sp³-hybridized carbons (Fsp3) is 0.440. The number of hydrogen-bond acceptors (Lipinski definition) is 10. The third kappa shape index (κ3) is 4.46. The molecule has 2 saturated heterocycles. The molecule has 10 nitrogen and oxygen atoms in total. The molecule has 0 aliphatic carbocycles. The van der Waals surface area contributed by atoms with Crippen LogP contribution in [0, 0.1) is 0 Å². The molecule has 2 aromatic carbocycles. The molecule has 0 spiro atoms. The number of thiazole rings is 1. The Morgan fingerprint density at radius 1 is 1.05 bits per heavy atom. The first-order valence-corrected chi connectivity index (χ1v) is 14.5. The van der Waals surface area contributed by atoms with Gasteiger partial charge in [-0.15, -0.1) is 11.3 Å². The number of carbonyl (C=O) groups is 1. The van der Waals surface area contributed by atoms with E-state index in [0.29, 0.717) is 34.7 Å². The van der Waals surface area contributed by atoms with Crippen LogP contribution in [0.5, 0.6) is 11.5 Å². The molecule has 3 aromatic rings. The maximum Gasteiger partial charge on any atom is 0.265 e. The van der Waals surface area contributed by atoms with Gasteiger partial charge in [0.2, 0.25) is 6.79 Å². The lowest BCUT2D eigenvalue weighted by atomic mass is 9.98. The Kier molecular flexibility index (Phi) is 6.53. The van der Waals surface area contributed by atoms with E-state index in [2.05, 4.69) is 10.5 Å². The molecule has 1 aromatic heterocycles. The number of hydrogen-bond donors (Lipinski definition) is 1. The van der Waals surface area contributed by atoms with Crippen LogP contribution >= 0.6 is 11.3 Å². The van der Waals surface area contributed by atoms with Gasteiger partial charge in [0, 0.05) is 31.8 Å². The molecule has 37 heavy (non-hydrogen) atoms. The van der Waals surface area contributed by atoms with Gasteiger partial charge < -0.3 is 18.9 Å². The van der Waals surface area contributed by atoms with E-state index < -0.39 is 26.8 Å². The van der Waals surface area contributed by atoms with Crippen molar-refractivity contribution in [2.24, 2.45) is 0 Å². The molecular formula is C25H26N2O8S2. The van der Waals surface area contributed by atoms with Gasteiger partial charge in [0.1, 0.15) is 5.01 Å². The minimum Gasteiger partial charge on any atom is -0.454 e. The van der Waals surface area contributed by atoms with Crippen LogP contribution < -0.4 is 15.0 Å². The van der Waals surface area contributed by atoms with Crippen molar-refractivity contribution in [2.45, 2.75) is 48.0 Å². The van der Waals surface area contributed by atoms with E-state index >= 15 is 0 Å². The van der Waals surface area contributed by atoms with Crippen molar-refractivity contribution in [2.75, 3.05) is 26.6 Å². The number of ether oxygens (including phenoxy) is 4. The Bertz CT molecular complexity index is 1430. The normalized spacial score (nSPS) is 21.1. The number of benzene rings is 2. The zero-order chi connectivity index (χ0) is 25.5. The van der Waals surface area contributed by atoms with Crippen LogP contribution in [0.2, 0.25) is 0 Å². The number of hydroxylamine groups is 1. The van der Waals surface area contributed by atoms with Gasteiger partial charge in [0.05, 0.1) is 15.1 Å². The van der Waals surface area contributed by atoms with Crippen molar-refractivity contribution in [3.05, 3.63) is 36.4 Å². The van der Waals surface area contributed by atoms with Crippen LogP contribution in [-0.2, 0) is 28.9 Å². The van der Waals surface area contributed by atoms with Crippen molar-refractivity contribution >= 4 is 37.3 Å². The number of sulfone groups is 1. The smallest absolute Gasteiger partial charge is 0.265 e. The summed E-state index contributed by atoms with van der Waals surface area (Å²) in [5.74, 6) is 0.626. The summed E-state index contributed by atoms with van der Waals surface area (Å²) in [5.41, 5.74) is 3.90. The number of aromatic nitrogens is 1. The molecule has 12 heteroatoms. The second kappa shape index (κ2) is 9.84. The lowest BCUT2D eigenvalue weighted by Crippen LogP contribution is -2.56. The van der Waals surface area contributed by atoms with E-state index in [1.807, 2.05) is 18.2 Å². The molecule has 3 aliphatic rings. The summed E-state index contributed by atoms with van der Waals surface area (Å²) in [6.07, 6.45) is 1.95. The highest BCUT2D eigenvalue weighted by atomic mass is 32.2. The minimum atomic E-state index is -4.10. The van der Waals surface area contributed by atoms with Crippen LogP contribution in [0.3, 0.4) is 0 Å². The average Bonchev–Trinajstić information content (AvgIpc) is 3.58. The number of carbonyl (C=O) groups excluding carboxylic acids is 1. The maximum absolute atomic E-state index is 14.0. The Balaban J connectivity index is 1.30. The quantitative estimate of drug-likeness (QED) is 0.462. The van der Waals surface area contributed by atoms with Crippen LogP contribution in [0.4, 0.5) is 0 Å². The number of nitrogens with one attached hydrogen (secondary N) is 1. The molecule has 3 aliphatic heterocycles. The van der Waals surface area contributed by atoms with Gasteiger partial charge >= 0.3 is 0 Å². The van der Waals surface area contributed by atoms with Gasteiger partial charge in [-0.05, 0) is 62.1 Å². The molecular weight excluding hydrogens is 520 g/mol. The summed E-state index contributed by atoms with van der Waals surface area (Å²) in [4.78, 5) is 23.6. The third-order valence-corrected chi connectivity index (χ3v) is 10.5. The van der Waals surface area contributed by atoms with Crippen LogP contribution in [-0.4, -0.2) is 57.0 Å². The molecule has 196 valence electrons. The SMILES string of the molecule is O=C(NOC1CCCCO1)C1(S(=O)(=O)c2ccc3nc(-c4ccc5c(c4)OCO5)sc3c2)CCOCC1. The number of rotatable bonds is 6. The van der Waals surface area contributed by atoms with Crippen LogP contribution in [0.25, 0.3) is 20.8 Å². The Hall–Kier alpha value is -2.77. The van der Waals surface area contributed by atoms with Gasteiger partial charge in [0.15, 0.2) is 32.4 Å². The molecule has 2 fully saturated rings. The van der Waals surface area contributed by atoms with Crippen molar-refractivity contribution < 1.29 is 37.0 Å². The molecule has 0 radical (unpaired) electrons. The Morgan fingerprint density at radius 3 is 2.70 bits per heavy atom. The van der Waals surface area contributed by atoms with E-state index in [9.17, 15) is 13.2 Å². The fourth-order valence-corrected chi connectivity index (χ4v) is 7.82. The van der Waals surface area contributed by atoms with E-state index in [1.165, 1.54) is 17.4 Å². The molecule has 1 atom stereocenters. The molecule has 0 saturated carbocycles. The summed E-state index contributed by atoms with van der Waals surface area (Å²) in [7, 11) is -4.10. The second-order valence-electron chi connectivity index (χ2n) is 9.17. The third-order valence-electron chi connectivity index (χ3n) is 6.94. The largest absolute Gasteiger partial charge is 0.454 e. The topological polar surface area (TPSA) is 122 Å². The van der Waals surface area contributed by atoms with E-state index in [-0.39, 0.29) is 37.7 Å². The van der Waals surface area contributed by atoms with Crippen molar-refractivity contribution in [1.29, 1.82) is 0 Å². The zero-order valence-electron chi connectivity index (χ0n) is 19.9. The highest BCUT2D eigenvalue weighted by molar-refractivity contribution is 7.93. The van der Waals surface area contributed by atoms with Crippen LogP contribution in [0.15, 0.2) is 41.3 Å². The highest BCUT2D eigenvalue weighted by Crippen LogP contribution is 2.40. The first kappa shape index (κ1) is 24.6. The lowest BCUT2D eigenvalue weighted by Gasteiger charge is -2.35. The van der Waals surface area contributed by atoms with Gasteiger partial charge in [-0.3, -0.25) is 4.79 Å². The highest BCUT2D eigenvalue weighted by Gasteiger charge is 2.52. The lowest BCUT2D eigenvalue weighted by molar-refractivity contribution is -0.202. The maximum atomic E-state index is 14.0. The summed E-state index contributed by atoms with van der Waals surface area (Å²) >= 11 is 1.37. The monoisotopic (exact) mass is 546 g/mol. The Labute approximate surface area is 217 Å². The summed E-state index contributed by atoms with van der Waals surface area (Å²) in [6.45, 7) is 1.03. The van der Waals surface area contributed by atoms with E-state index in [0.717, 1.165) is 23.4 Å². The molecule has 1 unspecified atom stereocenters. The van der Waals surface area contributed by atoms with Crippen molar-refractivity contribution in [1.82, 2.24) is 10.5 Å². The summed E-state index contributed by atoms with van der Waals surface area (Å²) in [6, 6.07) is 10.3. The zero-order valence-corrected chi connectivity index (χ0v) is 21.6. The first-order valence-electron chi connectivity index (χ1n) is 12.2. The predicted octanol–water partition coefficient (Wildman–Crippen LogP) is 3.59. The van der Waals surface area contributed by atoms with Gasteiger partial charge in [-0.2, -0.15) is 0 Å². The van der Waals surface area contributed by atoms with Gasteiger partial charge in [-0.25, -0.2) is 23.7 Å². The van der Waals surface area contributed by atoms with E-state index in [1.54, 1.807) is 12.1 Å². The molecule has 0 bridgehead atoms. The average molecular weight is 547 g/mol. The second-order valence-corrected chi connectivity index (χ2v) is 12.5. The standard InChI is InChI=1S/C25H26N2O8S2/c28-24(27-35-22-3-1-2-10-32-22)25(8-11-31-12-9-25)37(29,30)17-5-6-18-21(14-17)36-23(26-18)16-4-7-19-20(13-16)34-15-33-19/h4-7,13-14,22H,1-3,8-12,15H2,(H,27,28). The molecule has 4 heterocycles. The molecule has 1 N–H and O–H groups in total. The predicted molar refractivity (Wildman–Crippen MR) is 134 cm³/mol. The van der Waals surface area contributed by atoms with E-state index in [4.69, 9.17) is 23.8 Å². The van der Waals surface area contributed by atoms with Crippen molar-refractivity contribution in [3.63, 3.8) is 0 Å². The molecule has 1 amide bonds. The summed E-state index contributed by atoms with van der Waals surface area (Å²) < 4.78 is 48.7. The number of amides is 1. The minimum absolute atomic E-state index is 0.0270. The van der Waals surface area contributed by atoms with Gasteiger partial charge in [-0.1, -0.05) is 0 Å². The number of nitrogens with zero attached hydrogens (tertiary/aromatic N) is 1. The van der Waals surface area contributed by atoms with Gasteiger partial charge in [0.25, 0.3) is 5.91 Å². The molecule has 6 rings (SSSR count). The number of fused-ring (bicyclic) bond motifs is 2. The van der Waals surface area contributed by atoms with Crippen LogP contribution in [0.1, 0.15) is 32.1 Å². The Morgan fingerprint density at radius 2 is 1.89 bits per heavy atom. The fourth-order valence-electron chi connectivity index (χ4n) is 4.79.